The van der Waals surface area contributed by atoms with Crippen molar-refractivity contribution in [1.82, 2.24) is 0 Å². The Balaban J connectivity index is 1.43. The molecule has 2 heterocycles. The Morgan fingerprint density at radius 2 is 1.74 bits per heavy atom. The molecule has 0 aromatic heterocycles. The van der Waals surface area contributed by atoms with Crippen LogP contribution in [0.1, 0.15) is 59.5 Å². The molecule has 3 aromatic carbocycles. The van der Waals surface area contributed by atoms with Crippen LogP contribution in [0.4, 0.5) is 11.4 Å². The molecule has 3 atom stereocenters. The Labute approximate surface area is 206 Å². The van der Waals surface area contributed by atoms with Crippen molar-refractivity contribution >= 4 is 27.2 Å². The third-order valence-corrected chi connectivity index (χ3v) is 8.28. The molecule has 6 nitrogen and oxygen atoms in total. The molecule has 3 aromatic rings. The lowest BCUT2D eigenvalue weighted by Gasteiger charge is -2.36. The molecular formula is C28H30N2O4S. The Bertz CT molecular complexity index is 1350. The number of hydrogen-bond acceptors (Lipinski definition) is 5. The third-order valence-electron chi connectivity index (χ3n) is 6.90. The quantitative estimate of drug-likeness (QED) is 0.422. The van der Waals surface area contributed by atoms with Gasteiger partial charge in [0.25, 0.3) is 10.0 Å². The molecule has 0 unspecified atom stereocenters. The molecule has 0 bridgehead atoms. The van der Waals surface area contributed by atoms with Gasteiger partial charge in [0.2, 0.25) is 0 Å². The van der Waals surface area contributed by atoms with Gasteiger partial charge in [0.15, 0.2) is 5.78 Å². The van der Waals surface area contributed by atoms with Gasteiger partial charge in [-0.25, -0.2) is 8.42 Å². The lowest BCUT2D eigenvalue weighted by atomic mass is 9.81. The molecule has 2 N–H and O–H groups in total. The van der Waals surface area contributed by atoms with Gasteiger partial charge in [-0.1, -0.05) is 55.8 Å². The number of Topliss-reactive ketones (excluding diaryl/α,β-unsaturated/α-hetero) is 1. The second kappa shape index (κ2) is 9.13. The van der Waals surface area contributed by atoms with Crippen LogP contribution in [0.2, 0.25) is 0 Å². The van der Waals surface area contributed by atoms with Gasteiger partial charge in [0.1, 0.15) is 0 Å². The molecule has 2 aliphatic rings. The molecule has 0 radical (unpaired) electrons. The lowest BCUT2D eigenvalue weighted by molar-refractivity contribution is 0.0827. The standard InChI is InChI=1S/C28H30N2O4S/c1-17(2)27(31)20-8-6-19(7-9-20)26-23-14-15-34-28(23)24-16-22(12-13-25(24)29-26)35(32,33)30-21-10-4-18(3)5-11-21/h4-13,16-17,23,26,28-30H,14-15H2,1-3H3/t23-,26-,28-/m0/s1. The maximum atomic E-state index is 13.1. The first kappa shape index (κ1) is 23.6. The van der Waals surface area contributed by atoms with E-state index in [0.717, 1.165) is 34.4 Å². The van der Waals surface area contributed by atoms with Crippen molar-refractivity contribution < 1.29 is 17.9 Å². The van der Waals surface area contributed by atoms with E-state index in [1.165, 1.54) is 0 Å². The van der Waals surface area contributed by atoms with E-state index in [4.69, 9.17) is 4.74 Å². The fourth-order valence-electron chi connectivity index (χ4n) is 4.97. The summed E-state index contributed by atoms with van der Waals surface area (Å²) in [6.45, 7) is 6.39. The number of sulfonamides is 1. The summed E-state index contributed by atoms with van der Waals surface area (Å²) in [6.07, 6.45) is 0.676. The van der Waals surface area contributed by atoms with Crippen LogP contribution in [-0.4, -0.2) is 20.8 Å². The minimum Gasteiger partial charge on any atom is -0.378 e. The van der Waals surface area contributed by atoms with Gasteiger partial charge < -0.3 is 10.1 Å². The van der Waals surface area contributed by atoms with Crippen molar-refractivity contribution in [3.05, 3.63) is 89.0 Å². The first-order chi connectivity index (χ1) is 16.7. The summed E-state index contributed by atoms with van der Waals surface area (Å²) in [5.74, 6) is 0.254. The number of carbonyl (C=O) groups excluding carboxylic acids is 1. The smallest absolute Gasteiger partial charge is 0.261 e. The molecule has 0 saturated carbocycles. The topological polar surface area (TPSA) is 84.5 Å². The van der Waals surface area contributed by atoms with Crippen molar-refractivity contribution in [2.45, 2.75) is 44.2 Å². The number of aryl methyl sites for hydroxylation is 1. The number of carbonyl (C=O) groups is 1. The lowest BCUT2D eigenvalue weighted by Crippen LogP contribution is -2.29. The molecule has 0 spiro atoms. The normalized spacial score (nSPS) is 21.2. The molecular weight excluding hydrogens is 460 g/mol. The van der Waals surface area contributed by atoms with Crippen LogP contribution in [0.5, 0.6) is 0 Å². The van der Waals surface area contributed by atoms with E-state index in [9.17, 15) is 13.2 Å². The zero-order valence-electron chi connectivity index (χ0n) is 20.1. The van der Waals surface area contributed by atoms with Crippen molar-refractivity contribution in [3.63, 3.8) is 0 Å². The Morgan fingerprint density at radius 1 is 1.03 bits per heavy atom. The summed E-state index contributed by atoms with van der Waals surface area (Å²) in [5, 5.41) is 3.61. The number of rotatable bonds is 6. The number of ether oxygens (including phenoxy) is 1. The number of benzene rings is 3. The van der Waals surface area contributed by atoms with Gasteiger partial charge in [0, 0.05) is 40.9 Å². The SMILES string of the molecule is Cc1ccc(NS(=O)(=O)c2ccc3c(c2)[C@H]2OCC[C@H]2[C@H](c2ccc(C(=O)C(C)C)cc2)N3)cc1. The number of ketones is 1. The van der Waals surface area contributed by atoms with Gasteiger partial charge in [-0.15, -0.1) is 0 Å². The van der Waals surface area contributed by atoms with Gasteiger partial charge in [-0.2, -0.15) is 0 Å². The van der Waals surface area contributed by atoms with E-state index in [1.54, 1.807) is 24.3 Å². The largest absolute Gasteiger partial charge is 0.378 e. The summed E-state index contributed by atoms with van der Waals surface area (Å²) in [6, 6.07) is 20.3. The monoisotopic (exact) mass is 490 g/mol. The molecule has 182 valence electrons. The number of anilines is 2. The first-order valence-electron chi connectivity index (χ1n) is 12.0. The number of hydrogen-bond donors (Lipinski definition) is 2. The Morgan fingerprint density at radius 3 is 2.43 bits per heavy atom. The molecule has 0 amide bonds. The summed E-state index contributed by atoms with van der Waals surface area (Å²) in [5.41, 5.74) is 5.13. The van der Waals surface area contributed by atoms with E-state index < -0.39 is 10.0 Å². The highest BCUT2D eigenvalue weighted by Crippen LogP contribution is 2.50. The van der Waals surface area contributed by atoms with Gasteiger partial charge in [-0.05, 0) is 49.2 Å². The average Bonchev–Trinajstić information content (AvgIpc) is 3.34. The van der Waals surface area contributed by atoms with Crippen molar-refractivity contribution in [3.8, 4) is 0 Å². The van der Waals surface area contributed by atoms with E-state index in [2.05, 4.69) is 10.0 Å². The number of nitrogens with one attached hydrogen (secondary N) is 2. The van der Waals surface area contributed by atoms with Crippen LogP contribution in [0, 0.1) is 18.8 Å². The van der Waals surface area contributed by atoms with Gasteiger partial charge in [0.05, 0.1) is 17.0 Å². The van der Waals surface area contributed by atoms with Crippen molar-refractivity contribution in [2.24, 2.45) is 11.8 Å². The van der Waals surface area contributed by atoms with Crippen LogP contribution in [0.15, 0.2) is 71.6 Å². The Hall–Kier alpha value is -3.16. The van der Waals surface area contributed by atoms with Crippen molar-refractivity contribution in [2.75, 3.05) is 16.6 Å². The highest BCUT2D eigenvalue weighted by atomic mass is 32.2. The molecule has 5 rings (SSSR count). The van der Waals surface area contributed by atoms with Crippen LogP contribution < -0.4 is 10.0 Å². The van der Waals surface area contributed by atoms with E-state index >= 15 is 0 Å². The van der Waals surface area contributed by atoms with Crippen LogP contribution in [-0.2, 0) is 14.8 Å². The van der Waals surface area contributed by atoms with E-state index in [-0.39, 0.29) is 34.7 Å². The maximum absolute atomic E-state index is 13.1. The second-order valence-corrected chi connectivity index (χ2v) is 11.4. The molecule has 1 fully saturated rings. The van der Waals surface area contributed by atoms with Crippen molar-refractivity contribution in [1.29, 1.82) is 0 Å². The summed E-state index contributed by atoms with van der Waals surface area (Å²) >= 11 is 0. The highest BCUT2D eigenvalue weighted by Gasteiger charge is 2.42. The predicted molar refractivity (Wildman–Crippen MR) is 137 cm³/mol. The zero-order valence-corrected chi connectivity index (χ0v) is 20.9. The predicted octanol–water partition coefficient (Wildman–Crippen LogP) is 5.88. The number of fused-ring (bicyclic) bond motifs is 3. The third kappa shape index (κ3) is 4.58. The molecule has 35 heavy (non-hydrogen) atoms. The van der Waals surface area contributed by atoms with Crippen LogP contribution in [0.3, 0.4) is 0 Å². The summed E-state index contributed by atoms with van der Waals surface area (Å²) < 4.78 is 35.0. The van der Waals surface area contributed by atoms with Gasteiger partial charge >= 0.3 is 0 Å². The molecule has 2 aliphatic heterocycles. The summed E-state index contributed by atoms with van der Waals surface area (Å²) in [4.78, 5) is 12.5. The minimum absolute atomic E-state index is 0.0198. The maximum Gasteiger partial charge on any atom is 0.261 e. The highest BCUT2D eigenvalue weighted by molar-refractivity contribution is 7.92. The molecule has 7 heteroatoms. The molecule has 0 aliphatic carbocycles. The summed E-state index contributed by atoms with van der Waals surface area (Å²) in [7, 11) is -3.74. The zero-order chi connectivity index (χ0) is 24.7. The van der Waals surface area contributed by atoms with E-state index in [1.807, 2.05) is 63.2 Å². The van der Waals surface area contributed by atoms with E-state index in [0.29, 0.717) is 12.3 Å². The average molecular weight is 491 g/mol. The molecule has 1 saturated heterocycles. The second-order valence-electron chi connectivity index (χ2n) is 9.73. The van der Waals surface area contributed by atoms with Gasteiger partial charge in [-0.3, -0.25) is 9.52 Å². The minimum atomic E-state index is -3.74. The first-order valence-corrected chi connectivity index (χ1v) is 13.5. The fraction of sp³-hybridized carbons (Fsp3) is 0.321. The van der Waals surface area contributed by atoms with Crippen LogP contribution >= 0.6 is 0 Å². The van der Waals surface area contributed by atoms with Crippen LogP contribution in [0.25, 0.3) is 0 Å². The fourth-order valence-corrected chi connectivity index (χ4v) is 6.07. The Kier molecular flexibility index (Phi) is 6.15.